The molecule has 0 aliphatic rings. The van der Waals surface area contributed by atoms with Gasteiger partial charge in [-0.15, -0.1) is 0 Å². The molecule has 2 aromatic carbocycles. The van der Waals surface area contributed by atoms with Crippen molar-refractivity contribution in [1.82, 2.24) is 5.32 Å². The van der Waals surface area contributed by atoms with E-state index in [1.807, 2.05) is 57.2 Å². The molecule has 0 heterocycles. The Bertz CT molecular complexity index is 1030. The van der Waals surface area contributed by atoms with Crippen LogP contribution in [0, 0.1) is 0 Å². The van der Waals surface area contributed by atoms with Crippen LogP contribution in [-0.4, -0.2) is 60.4 Å². The van der Waals surface area contributed by atoms with Crippen LogP contribution in [0.25, 0.3) is 16.8 Å². The van der Waals surface area contributed by atoms with E-state index in [4.69, 9.17) is 22.8 Å². The van der Waals surface area contributed by atoms with Crippen molar-refractivity contribution in [3.63, 3.8) is 0 Å². The molecule has 0 spiro atoms. The zero-order chi connectivity index (χ0) is 28.3. The molecule has 0 fully saturated rings. The van der Waals surface area contributed by atoms with Gasteiger partial charge >= 0.3 is 14.9 Å². The zero-order valence-corrected chi connectivity index (χ0v) is 24.4. The van der Waals surface area contributed by atoms with Gasteiger partial charge in [-0.2, -0.15) is 0 Å². The number of alkyl carbamates (subject to hydrolysis) is 1. The molecule has 10 heteroatoms. The number of carboxylic acid groups (broad SMARTS) is 1. The molecule has 1 amide bonds. The Labute approximate surface area is 232 Å². The minimum absolute atomic E-state index is 0.382. The highest BCUT2D eigenvalue weighted by atomic mass is 28.4. The molecule has 0 aliphatic carbocycles. The predicted octanol–water partition coefficient (Wildman–Crippen LogP) is 4.71. The van der Waals surface area contributed by atoms with Crippen molar-refractivity contribution in [2.24, 2.45) is 0 Å². The lowest BCUT2D eigenvalue weighted by molar-refractivity contribution is -0.297. The maximum Gasteiger partial charge on any atom is 0.500 e. The van der Waals surface area contributed by atoms with Crippen molar-refractivity contribution < 1.29 is 37.4 Å². The van der Waals surface area contributed by atoms with Crippen molar-refractivity contribution in [2.75, 3.05) is 39.6 Å². The highest BCUT2D eigenvalue weighted by Crippen LogP contribution is 2.23. The van der Waals surface area contributed by atoms with E-state index >= 15 is 0 Å². The van der Waals surface area contributed by atoms with Crippen molar-refractivity contribution >= 4 is 37.7 Å². The molecular weight excluding hydrogens is 518 g/mol. The first kappa shape index (κ1) is 32.3. The Morgan fingerprint density at radius 3 is 2.15 bits per heavy atom. The van der Waals surface area contributed by atoms with Gasteiger partial charge in [0.05, 0.1) is 19.2 Å². The van der Waals surface area contributed by atoms with Gasteiger partial charge in [0, 0.05) is 32.4 Å². The largest absolute Gasteiger partial charge is 0.545 e. The van der Waals surface area contributed by atoms with Gasteiger partial charge in [0.2, 0.25) is 0 Å². The molecule has 0 saturated heterocycles. The lowest BCUT2D eigenvalue weighted by atomic mass is 10.1. The second-order valence-corrected chi connectivity index (χ2v) is 11.6. The number of fused-ring (bicyclic) bond motifs is 1. The van der Waals surface area contributed by atoms with Crippen LogP contribution in [0.2, 0.25) is 6.04 Å². The maximum absolute atomic E-state index is 11.9. The highest BCUT2D eigenvalue weighted by molar-refractivity contribution is 6.60. The molecular formula is C29H42NO8Si-. The van der Waals surface area contributed by atoms with E-state index in [1.165, 1.54) is 6.08 Å². The highest BCUT2D eigenvalue weighted by Gasteiger charge is 2.39. The summed E-state index contributed by atoms with van der Waals surface area (Å²) < 4.78 is 28.6. The summed E-state index contributed by atoms with van der Waals surface area (Å²) in [6, 6.07) is 12.2. The molecule has 39 heavy (non-hydrogen) atoms. The fraction of sp³-hybridized carbons (Fsp3) is 0.517. The summed E-state index contributed by atoms with van der Waals surface area (Å²) in [5.41, 5.74) is 0.798. The molecule has 2 rings (SSSR count). The number of amides is 1. The average Bonchev–Trinajstić information content (AvgIpc) is 2.91. The summed E-state index contributed by atoms with van der Waals surface area (Å²) in [6.45, 7) is 8.85. The molecule has 0 bridgehead atoms. The summed E-state index contributed by atoms with van der Waals surface area (Å²) in [4.78, 5) is 22.5. The SMILES string of the molecule is CCO[Si](CCCNC(=O)OCCCCCCOc1ccc2cc(/C=C/C(=O)[O-])ccc2c1)(OCC)OCC. The Morgan fingerprint density at radius 1 is 0.846 bits per heavy atom. The first-order valence-corrected chi connectivity index (χ1v) is 15.7. The smallest absolute Gasteiger partial charge is 0.500 e. The average molecular weight is 561 g/mol. The summed E-state index contributed by atoms with van der Waals surface area (Å²) >= 11 is 0. The minimum atomic E-state index is -2.68. The summed E-state index contributed by atoms with van der Waals surface area (Å²) in [6.07, 6.45) is 6.45. The third kappa shape index (κ3) is 12.7. The monoisotopic (exact) mass is 560 g/mol. The lowest BCUT2D eigenvalue weighted by Crippen LogP contribution is -2.46. The van der Waals surface area contributed by atoms with E-state index in [2.05, 4.69) is 5.32 Å². The number of benzene rings is 2. The Morgan fingerprint density at radius 2 is 1.49 bits per heavy atom. The Hall–Kier alpha value is -2.92. The van der Waals surface area contributed by atoms with Gasteiger partial charge < -0.3 is 38.0 Å². The third-order valence-corrected chi connectivity index (χ3v) is 8.96. The van der Waals surface area contributed by atoms with Crippen LogP contribution >= 0.6 is 0 Å². The van der Waals surface area contributed by atoms with Crippen molar-refractivity contribution in [1.29, 1.82) is 0 Å². The van der Waals surface area contributed by atoms with Gasteiger partial charge in [0.1, 0.15) is 5.75 Å². The number of ether oxygens (including phenoxy) is 2. The minimum Gasteiger partial charge on any atom is -0.545 e. The molecule has 2 aromatic rings. The summed E-state index contributed by atoms with van der Waals surface area (Å²) in [7, 11) is -2.68. The molecule has 216 valence electrons. The van der Waals surface area contributed by atoms with Gasteiger partial charge in [-0.25, -0.2) is 4.79 Å². The number of carbonyl (C=O) groups is 2. The summed E-state index contributed by atoms with van der Waals surface area (Å²) in [5, 5.41) is 15.4. The van der Waals surface area contributed by atoms with E-state index in [9.17, 15) is 14.7 Å². The van der Waals surface area contributed by atoms with E-state index in [0.717, 1.165) is 53.8 Å². The number of hydrogen-bond acceptors (Lipinski definition) is 8. The van der Waals surface area contributed by atoms with Crippen LogP contribution in [0.15, 0.2) is 42.5 Å². The second kappa shape index (κ2) is 18.4. The summed E-state index contributed by atoms with van der Waals surface area (Å²) in [5.74, 6) is -0.421. The number of unbranched alkanes of at least 4 members (excludes halogenated alkanes) is 3. The van der Waals surface area contributed by atoms with Crippen LogP contribution in [0.5, 0.6) is 5.75 Å². The normalized spacial score (nSPS) is 11.7. The first-order valence-electron chi connectivity index (χ1n) is 13.8. The van der Waals surface area contributed by atoms with Gasteiger partial charge in [-0.05, 0) is 93.5 Å². The predicted molar refractivity (Wildman–Crippen MR) is 151 cm³/mol. The van der Waals surface area contributed by atoms with Gasteiger partial charge in [-0.3, -0.25) is 0 Å². The van der Waals surface area contributed by atoms with Crippen LogP contribution in [0.4, 0.5) is 4.79 Å². The van der Waals surface area contributed by atoms with Crippen molar-refractivity contribution in [2.45, 2.75) is 58.9 Å². The molecule has 9 nitrogen and oxygen atoms in total. The van der Waals surface area contributed by atoms with Gasteiger partial charge in [0.25, 0.3) is 0 Å². The fourth-order valence-corrected chi connectivity index (χ4v) is 6.67. The first-order chi connectivity index (χ1) is 18.9. The zero-order valence-electron chi connectivity index (χ0n) is 23.4. The van der Waals surface area contributed by atoms with Crippen LogP contribution in [0.1, 0.15) is 58.4 Å². The molecule has 0 radical (unpaired) electrons. The number of hydrogen-bond donors (Lipinski definition) is 1. The number of carbonyl (C=O) groups excluding carboxylic acids is 2. The number of carboxylic acids is 1. The molecule has 0 unspecified atom stereocenters. The fourth-order valence-electron chi connectivity index (χ4n) is 4.06. The van der Waals surface area contributed by atoms with Crippen LogP contribution < -0.4 is 15.2 Å². The topological polar surface area (TPSA) is 115 Å². The standard InChI is InChI=1S/C29H43NO8Si/c1-4-36-39(37-5-2,38-6-3)21-11-18-30-29(33)35-20-10-8-7-9-19-34-27-16-15-25-22-24(13-17-28(31)32)12-14-26(25)23-27/h12-17,22-23H,4-11,18-21H2,1-3H3,(H,30,33)(H,31,32)/p-1/b17-13+. The number of rotatable bonds is 20. The van der Waals surface area contributed by atoms with Gasteiger partial charge in [0.15, 0.2) is 0 Å². The van der Waals surface area contributed by atoms with Crippen molar-refractivity contribution in [3.8, 4) is 5.75 Å². The lowest BCUT2D eigenvalue weighted by Gasteiger charge is -2.28. The van der Waals surface area contributed by atoms with Crippen LogP contribution in [-0.2, 0) is 22.8 Å². The van der Waals surface area contributed by atoms with Crippen molar-refractivity contribution in [3.05, 3.63) is 48.0 Å². The molecule has 0 atom stereocenters. The number of nitrogens with one attached hydrogen (secondary N) is 1. The molecule has 0 aromatic heterocycles. The third-order valence-electron chi connectivity index (χ3n) is 5.81. The molecule has 0 aliphatic heterocycles. The van der Waals surface area contributed by atoms with E-state index in [0.29, 0.717) is 52.0 Å². The van der Waals surface area contributed by atoms with Crippen LogP contribution in [0.3, 0.4) is 0 Å². The number of aliphatic carboxylic acids is 1. The molecule has 1 N–H and O–H groups in total. The Balaban J connectivity index is 1.56. The molecule has 0 saturated carbocycles. The second-order valence-electron chi connectivity index (χ2n) is 8.83. The van der Waals surface area contributed by atoms with E-state index < -0.39 is 20.9 Å². The quantitative estimate of drug-likeness (QED) is 0.141. The maximum atomic E-state index is 11.9. The van der Waals surface area contributed by atoms with E-state index in [1.54, 1.807) is 0 Å². The Kier molecular flexibility index (Phi) is 15.2. The van der Waals surface area contributed by atoms with Gasteiger partial charge in [-0.1, -0.05) is 24.3 Å². The van der Waals surface area contributed by atoms with E-state index in [-0.39, 0.29) is 0 Å².